The minimum Gasteiger partial charge on any atom is -0.465 e. The number of hydrogen-bond acceptors (Lipinski definition) is 14. The summed E-state index contributed by atoms with van der Waals surface area (Å²) in [6, 6.07) is 18.4. The van der Waals surface area contributed by atoms with E-state index in [0.717, 1.165) is 22.9 Å². The molecule has 14 nitrogen and oxygen atoms in total. The maximum absolute atomic E-state index is 12.9. The van der Waals surface area contributed by atoms with Gasteiger partial charge in [-0.2, -0.15) is 0 Å². The number of benzene rings is 2. The summed E-state index contributed by atoms with van der Waals surface area (Å²) in [5.74, 6) is -2.72. The number of carbonyl (C=O) groups excluding carboxylic acids is 5. The van der Waals surface area contributed by atoms with E-state index in [4.69, 9.17) is 37.9 Å². The van der Waals surface area contributed by atoms with Crippen molar-refractivity contribution in [1.82, 2.24) is 4.90 Å². The highest BCUT2D eigenvalue weighted by molar-refractivity contribution is 8.00. The molecule has 2 aromatic rings. The highest BCUT2D eigenvalue weighted by Gasteiger charge is 2.57. The van der Waals surface area contributed by atoms with Gasteiger partial charge in [0.25, 0.3) is 0 Å². The van der Waals surface area contributed by atoms with E-state index in [9.17, 15) is 24.0 Å². The lowest BCUT2D eigenvalue weighted by molar-refractivity contribution is -0.222. The predicted octanol–water partition coefficient (Wildman–Crippen LogP) is 3.18. The zero-order valence-electron chi connectivity index (χ0n) is 28.2. The molecule has 270 valence electrons. The highest BCUT2D eigenvalue weighted by Crippen LogP contribution is 2.42. The summed E-state index contributed by atoms with van der Waals surface area (Å²) in [5.41, 5.74) is 0.668. The first-order valence-electron chi connectivity index (χ1n) is 16.2. The van der Waals surface area contributed by atoms with Gasteiger partial charge in [0.2, 0.25) is 0 Å². The standard InChI is InChI=1S/C35H41NO13S/c1-20(37)42-19-28-31(46-21(2)38)32(47-22(3)39)33(48-23(4)40)34(50-28)49-30-27(43-16-24-11-7-5-8-12-24)15-36-26(18-45-35(36)41)29(30)44-17-25-13-9-6-10-14-25/h5-14,26-34H,15-19H2,1-4H3/t26-,27-,28-,29-,30-,31-,32+,33-,34+/m1/s1. The zero-order chi connectivity index (χ0) is 35.8. The van der Waals surface area contributed by atoms with Crippen LogP contribution in [0.25, 0.3) is 0 Å². The Morgan fingerprint density at radius 3 is 1.86 bits per heavy atom. The van der Waals surface area contributed by atoms with E-state index in [2.05, 4.69) is 0 Å². The van der Waals surface area contributed by atoms with Crippen molar-refractivity contribution < 1.29 is 61.9 Å². The Balaban J connectivity index is 1.53. The lowest BCUT2D eigenvalue weighted by Gasteiger charge is -2.48. The highest BCUT2D eigenvalue weighted by atomic mass is 32.2. The second kappa shape index (κ2) is 17.2. The fraction of sp³-hybridized carbons (Fsp3) is 0.514. The van der Waals surface area contributed by atoms with Crippen LogP contribution in [0.2, 0.25) is 0 Å². The second-order valence-corrected chi connectivity index (χ2v) is 13.4. The van der Waals surface area contributed by atoms with Gasteiger partial charge in [-0.15, -0.1) is 11.8 Å². The Morgan fingerprint density at radius 1 is 0.720 bits per heavy atom. The minimum atomic E-state index is -1.34. The topological polar surface area (TPSA) is 162 Å². The summed E-state index contributed by atoms with van der Waals surface area (Å²) in [7, 11) is 0. The maximum atomic E-state index is 12.9. The number of amides is 1. The molecule has 3 aliphatic heterocycles. The lowest BCUT2D eigenvalue weighted by atomic mass is 9.94. The predicted molar refractivity (Wildman–Crippen MR) is 175 cm³/mol. The SMILES string of the molecule is CC(=O)OC[C@H]1S[C@H](O[C@H]2[C@H](OCc3ccccc3)[C@H]3COC(=O)N3C[C@H]2OCc2ccccc2)[C@H](OC(C)=O)[C@@H](OC(C)=O)[C@@H]1OC(C)=O. The number of piperidine rings is 1. The van der Waals surface area contributed by atoms with Crippen LogP contribution in [-0.4, -0.2) is 108 Å². The average molecular weight is 716 g/mol. The lowest BCUT2D eigenvalue weighted by Crippen LogP contribution is -2.65. The zero-order valence-corrected chi connectivity index (χ0v) is 29.0. The van der Waals surface area contributed by atoms with E-state index in [1.54, 1.807) is 4.90 Å². The van der Waals surface area contributed by atoms with Crippen LogP contribution in [0, 0.1) is 0 Å². The fourth-order valence-corrected chi connectivity index (χ4v) is 7.61. The number of rotatable bonds is 13. The van der Waals surface area contributed by atoms with Crippen LogP contribution >= 0.6 is 11.8 Å². The number of thioether (sulfide) groups is 1. The van der Waals surface area contributed by atoms with Crippen molar-refractivity contribution in [3.63, 3.8) is 0 Å². The molecule has 3 aliphatic rings. The van der Waals surface area contributed by atoms with Gasteiger partial charge in [-0.05, 0) is 11.1 Å². The van der Waals surface area contributed by atoms with E-state index in [1.807, 2.05) is 60.7 Å². The minimum absolute atomic E-state index is 0.0361. The van der Waals surface area contributed by atoms with E-state index >= 15 is 0 Å². The first-order valence-corrected chi connectivity index (χ1v) is 17.1. The Labute approximate surface area is 293 Å². The molecule has 0 N–H and O–H groups in total. The number of fused-ring (bicyclic) bond motifs is 1. The molecule has 15 heteroatoms. The van der Waals surface area contributed by atoms with Crippen LogP contribution in [0.3, 0.4) is 0 Å². The van der Waals surface area contributed by atoms with Crippen molar-refractivity contribution in [3.8, 4) is 0 Å². The molecule has 0 saturated carbocycles. The molecule has 3 fully saturated rings. The van der Waals surface area contributed by atoms with Crippen molar-refractivity contribution in [2.24, 2.45) is 0 Å². The molecule has 0 radical (unpaired) electrons. The third-order valence-electron chi connectivity index (χ3n) is 8.29. The molecule has 0 unspecified atom stereocenters. The van der Waals surface area contributed by atoms with Crippen LogP contribution in [0.15, 0.2) is 60.7 Å². The Hall–Kier alpha value is -4.18. The van der Waals surface area contributed by atoms with Crippen molar-refractivity contribution in [1.29, 1.82) is 0 Å². The van der Waals surface area contributed by atoms with Crippen molar-refractivity contribution >= 4 is 41.7 Å². The van der Waals surface area contributed by atoms with E-state index in [-0.39, 0.29) is 33.0 Å². The van der Waals surface area contributed by atoms with Crippen molar-refractivity contribution in [2.75, 3.05) is 19.8 Å². The smallest absolute Gasteiger partial charge is 0.410 e. The van der Waals surface area contributed by atoms with Crippen LogP contribution in [0.1, 0.15) is 38.8 Å². The molecule has 2 aromatic carbocycles. The van der Waals surface area contributed by atoms with Gasteiger partial charge in [-0.1, -0.05) is 60.7 Å². The molecule has 0 aromatic heterocycles. The summed E-state index contributed by atoms with van der Waals surface area (Å²) in [4.78, 5) is 63.5. The van der Waals surface area contributed by atoms with Crippen LogP contribution in [0.5, 0.6) is 0 Å². The molecule has 3 heterocycles. The number of cyclic esters (lactones) is 1. The van der Waals surface area contributed by atoms with Crippen LogP contribution < -0.4 is 0 Å². The van der Waals surface area contributed by atoms with Crippen molar-refractivity contribution in [3.05, 3.63) is 71.8 Å². The molecule has 0 bridgehead atoms. The third kappa shape index (κ3) is 9.53. The largest absolute Gasteiger partial charge is 0.465 e. The van der Waals surface area contributed by atoms with E-state index < -0.39 is 83.3 Å². The quantitative estimate of drug-likeness (QED) is 0.220. The molecule has 5 rings (SSSR count). The van der Waals surface area contributed by atoms with Gasteiger partial charge >= 0.3 is 30.0 Å². The van der Waals surface area contributed by atoms with Gasteiger partial charge in [0, 0.05) is 27.7 Å². The fourth-order valence-electron chi connectivity index (χ4n) is 6.19. The normalized spacial score (nSPS) is 28.9. The molecule has 1 amide bonds. The molecule has 3 saturated heterocycles. The number of esters is 4. The number of nitrogens with zero attached hydrogens (tertiary/aromatic N) is 1. The first-order chi connectivity index (χ1) is 24.0. The molecular formula is C35H41NO13S. The first kappa shape index (κ1) is 37.1. The van der Waals surface area contributed by atoms with Gasteiger partial charge in [-0.3, -0.25) is 24.1 Å². The Kier molecular flexibility index (Phi) is 12.7. The van der Waals surface area contributed by atoms with Crippen LogP contribution in [-0.2, 0) is 70.3 Å². The summed E-state index contributed by atoms with van der Waals surface area (Å²) < 4.78 is 47.6. The van der Waals surface area contributed by atoms with Gasteiger partial charge in [0.1, 0.15) is 37.0 Å². The number of carbonyl (C=O) groups is 5. The summed E-state index contributed by atoms with van der Waals surface area (Å²) in [6.45, 7) is 5.01. The summed E-state index contributed by atoms with van der Waals surface area (Å²) in [5, 5.41) is -0.812. The van der Waals surface area contributed by atoms with E-state index in [0.29, 0.717) is 0 Å². The van der Waals surface area contributed by atoms with Gasteiger partial charge in [-0.25, -0.2) is 4.79 Å². The molecule has 0 aliphatic carbocycles. The monoisotopic (exact) mass is 715 g/mol. The molecule has 9 atom stereocenters. The van der Waals surface area contributed by atoms with Gasteiger partial charge < -0.3 is 37.9 Å². The summed E-state index contributed by atoms with van der Waals surface area (Å²) >= 11 is 1.09. The molecule has 50 heavy (non-hydrogen) atoms. The van der Waals surface area contributed by atoms with Gasteiger partial charge in [0.05, 0.1) is 31.1 Å². The maximum Gasteiger partial charge on any atom is 0.410 e. The average Bonchev–Trinajstić information content (AvgIpc) is 3.44. The number of ether oxygens (including phenoxy) is 8. The van der Waals surface area contributed by atoms with Crippen molar-refractivity contribution in [2.45, 2.75) is 94.3 Å². The van der Waals surface area contributed by atoms with Crippen LogP contribution in [0.4, 0.5) is 4.79 Å². The molecule has 0 spiro atoms. The molecular weight excluding hydrogens is 674 g/mol. The third-order valence-corrected chi connectivity index (χ3v) is 9.69. The summed E-state index contributed by atoms with van der Waals surface area (Å²) in [6.07, 6.45) is -6.80. The Bertz CT molecular complexity index is 1490. The van der Waals surface area contributed by atoms with E-state index in [1.165, 1.54) is 27.7 Å². The Morgan fingerprint density at radius 2 is 1.28 bits per heavy atom. The second-order valence-electron chi connectivity index (χ2n) is 12.1. The van der Waals surface area contributed by atoms with Gasteiger partial charge in [0.15, 0.2) is 18.3 Å². The number of hydrogen-bond donors (Lipinski definition) is 0.